The average molecular weight is 399 g/mol. The molecule has 29 heavy (non-hydrogen) atoms. The normalized spacial score (nSPS) is 20.7. The number of aromatic nitrogens is 1. The van der Waals surface area contributed by atoms with Crippen LogP contribution in [0.25, 0.3) is 0 Å². The lowest BCUT2D eigenvalue weighted by atomic mass is 10.1. The number of carbonyl (C=O) groups is 2. The van der Waals surface area contributed by atoms with Gasteiger partial charge in [-0.2, -0.15) is 14.9 Å². The van der Waals surface area contributed by atoms with Gasteiger partial charge in [0.25, 0.3) is 0 Å². The van der Waals surface area contributed by atoms with Crippen LogP contribution in [0.15, 0.2) is 36.8 Å². The lowest BCUT2D eigenvalue weighted by Gasteiger charge is -2.10. The summed E-state index contributed by atoms with van der Waals surface area (Å²) < 4.78 is 25.5. The zero-order valence-corrected chi connectivity index (χ0v) is 16.5. The van der Waals surface area contributed by atoms with Gasteiger partial charge in [-0.1, -0.05) is 19.9 Å². The van der Waals surface area contributed by atoms with Gasteiger partial charge in [0, 0.05) is 18.3 Å². The molecular weight excluding hydrogens is 377 g/mol. The van der Waals surface area contributed by atoms with Gasteiger partial charge in [-0.3, -0.25) is 4.79 Å². The number of halogens is 1. The van der Waals surface area contributed by atoms with Crippen molar-refractivity contribution < 1.29 is 23.5 Å². The second-order valence-electron chi connectivity index (χ2n) is 7.22. The predicted molar refractivity (Wildman–Crippen MR) is 100 cm³/mol. The zero-order valence-electron chi connectivity index (χ0n) is 16.5. The maximum absolute atomic E-state index is 13.9. The SMILES string of the molecule is C=CCn1cc([C@H](C#N)OC(=O)[C@@H]2[C@H](C=C(F)C(=O)OCC)C2(C)C)cc1C#N. The van der Waals surface area contributed by atoms with Crippen molar-refractivity contribution in [3.8, 4) is 12.1 Å². The van der Waals surface area contributed by atoms with Crippen molar-refractivity contribution in [1.82, 2.24) is 4.57 Å². The third kappa shape index (κ3) is 4.55. The summed E-state index contributed by atoms with van der Waals surface area (Å²) in [5, 5.41) is 18.6. The fourth-order valence-corrected chi connectivity index (χ4v) is 3.28. The van der Waals surface area contributed by atoms with E-state index in [0.29, 0.717) is 17.8 Å². The van der Waals surface area contributed by atoms with E-state index in [1.165, 1.54) is 6.07 Å². The molecule has 7 nitrogen and oxygen atoms in total. The number of ether oxygens (including phenoxy) is 2. The summed E-state index contributed by atoms with van der Waals surface area (Å²) in [5.74, 6) is -4.07. The molecule has 1 aromatic rings. The van der Waals surface area contributed by atoms with Crippen LogP contribution in [-0.4, -0.2) is 23.1 Å². The minimum Gasteiger partial charge on any atom is -0.461 e. The number of esters is 2. The molecule has 0 radical (unpaired) electrons. The van der Waals surface area contributed by atoms with Gasteiger partial charge < -0.3 is 14.0 Å². The molecule has 1 fully saturated rings. The molecule has 0 spiro atoms. The molecule has 3 atom stereocenters. The van der Waals surface area contributed by atoms with Gasteiger partial charge in [-0.15, -0.1) is 6.58 Å². The average Bonchev–Trinajstić information content (AvgIpc) is 3.01. The van der Waals surface area contributed by atoms with Gasteiger partial charge in [0.05, 0.1) is 12.5 Å². The number of nitriles is 2. The van der Waals surface area contributed by atoms with Crippen LogP contribution in [0.4, 0.5) is 4.39 Å². The molecule has 0 aromatic carbocycles. The van der Waals surface area contributed by atoms with Gasteiger partial charge in [-0.25, -0.2) is 4.79 Å². The van der Waals surface area contributed by atoms with Gasteiger partial charge in [0.2, 0.25) is 11.9 Å². The number of hydrogen-bond acceptors (Lipinski definition) is 6. The van der Waals surface area contributed by atoms with E-state index >= 15 is 0 Å². The van der Waals surface area contributed by atoms with Gasteiger partial charge in [0.1, 0.15) is 17.8 Å². The second-order valence-corrected chi connectivity index (χ2v) is 7.22. The number of hydrogen-bond donors (Lipinski definition) is 0. The molecule has 0 amide bonds. The quantitative estimate of drug-likeness (QED) is 0.377. The van der Waals surface area contributed by atoms with Crippen molar-refractivity contribution >= 4 is 11.9 Å². The Labute approximate surface area is 168 Å². The summed E-state index contributed by atoms with van der Waals surface area (Å²) in [5.41, 5.74) is 0.0378. The van der Waals surface area contributed by atoms with Crippen molar-refractivity contribution in [1.29, 1.82) is 10.5 Å². The Morgan fingerprint density at radius 3 is 2.69 bits per heavy atom. The lowest BCUT2D eigenvalue weighted by Crippen LogP contribution is -2.14. The Bertz CT molecular complexity index is 933. The van der Waals surface area contributed by atoms with Crippen LogP contribution in [-0.2, 0) is 25.6 Å². The van der Waals surface area contributed by atoms with E-state index in [9.17, 15) is 24.5 Å². The van der Waals surface area contributed by atoms with E-state index in [1.807, 2.05) is 12.1 Å². The summed E-state index contributed by atoms with van der Waals surface area (Å²) in [6.45, 7) is 9.07. The van der Waals surface area contributed by atoms with Crippen molar-refractivity contribution in [2.24, 2.45) is 17.3 Å². The summed E-state index contributed by atoms with van der Waals surface area (Å²) in [4.78, 5) is 24.1. The fourth-order valence-electron chi connectivity index (χ4n) is 3.28. The summed E-state index contributed by atoms with van der Waals surface area (Å²) in [6, 6.07) is 5.38. The highest BCUT2D eigenvalue weighted by Gasteiger charge is 2.62. The smallest absolute Gasteiger partial charge is 0.366 e. The standard InChI is InChI=1S/C21H22FN3O4/c1-5-7-25-12-13(8-14(25)10-23)17(11-24)29-20(27)18-15(21(18,3)4)9-16(22)19(26)28-6-2/h5,8-9,12,15,17-18H,1,6-7H2,2-4H3/t15-,17-,18-/m0/s1. The van der Waals surface area contributed by atoms with E-state index in [0.717, 1.165) is 6.08 Å². The van der Waals surface area contributed by atoms with Gasteiger partial charge >= 0.3 is 11.9 Å². The Morgan fingerprint density at radius 1 is 1.45 bits per heavy atom. The highest BCUT2D eigenvalue weighted by Crippen LogP contribution is 2.60. The van der Waals surface area contributed by atoms with E-state index in [-0.39, 0.29) is 6.61 Å². The first-order chi connectivity index (χ1) is 13.7. The molecule has 0 saturated heterocycles. The van der Waals surface area contributed by atoms with Crippen molar-refractivity contribution in [2.45, 2.75) is 33.4 Å². The molecule has 1 aliphatic carbocycles. The van der Waals surface area contributed by atoms with Crippen LogP contribution in [0.3, 0.4) is 0 Å². The maximum Gasteiger partial charge on any atom is 0.366 e. The van der Waals surface area contributed by atoms with Crippen molar-refractivity contribution in [3.05, 3.63) is 48.1 Å². The minimum atomic E-state index is -1.21. The molecule has 0 bridgehead atoms. The van der Waals surface area contributed by atoms with Crippen LogP contribution in [0, 0.1) is 39.9 Å². The Balaban J connectivity index is 2.15. The lowest BCUT2D eigenvalue weighted by molar-refractivity contribution is -0.149. The molecule has 1 saturated carbocycles. The number of allylic oxidation sites excluding steroid dienone is 2. The predicted octanol–water partition coefficient (Wildman–Crippen LogP) is 3.34. The maximum atomic E-state index is 13.9. The molecule has 1 aromatic heterocycles. The fraction of sp³-hybridized carbons (Fsp3) is 0.429. The Morgan fingerprint density at radius 2 is 2.14 bits per heavy atom. The van der Waals surface area contributed by atoms with E-state index in [2.05, 4.69) is 11.3 Å². The molecule has 152 valence electrons. The number of nitrogens with zero attached hydrogens (tertiary/aromatic N) is 3. The highest BCUT2D eigenvalue weighted by molar-refractivity contribution is 5.87. The molecule has 0 N–H and O–H groups in total. The van der Waals surface area contributed by atoms with E-state index in [1.54, 1.807) is 37.6 Å². The minimum absolute atomic E-state index is 0.0413. The third-order valence-corrected chi connectivity index (χ3v) is 4.97. The van der Waals surface area contributed by atoms with Crippen LogP contribution in [0.2, 0.25) is 0 Å². The molecule has 1 heterocycles. The first kappa shape index (κ1) is 21.9. The summed E-state index contributed by atoms with van der Waals surface area (Å²) in [7, 11) is 0. The number of rotatable bonds is 8. The van der Waals surface area contributed by atoms with Crippen LogP contribution < -0.4 is 0 Å². The summed E-state index contributed by atoms with van der Waals surface area (Å²) >= 11 is 0. The second kappa shape index (κ2) is 8.74. The van der Waals surface area contributed by atoms with E-state index in [4.69, 9.17) is 4.74 Å². The number of carbonyl (C=O) groups excluding carboxylic acids is 2. The molecule has 2 rings (SSSR count). The van der Waals surface area contributed by atoms with Gasteiger partial charge in [0.15, 0.2) is 0 Å². The first-order valence-corrected chi connectivity index (χ1v) is 9.06. The third-order valence-electron chi connectivity index (χ3n) is 4.97. The molecular formula is C21H22FN3O4. The summed E-state index contributed by atoms with van der Waals surface area (Å²) in [6.07, 6.45) is 3.01. The molecule has 8 heteroatoms. The van der Waals surface area contributed by atoms with Gasteiger partial charge in [-0.05, 0) is 30.4 Å². The van der Waals surface area contributed by atoms with Crippen LogP contribution in [0.5, 0.6) is 0 Å². The van der Waals surface area contributed by atoms with E-state index < -0.39 is 41.1 Å². The molecule has 0 aliphatic heterocycles. The van der Waals surface area contributed by atoms with Crippen LogP contribution >= 0.6 is 0 Å². The largest absolute Gasteiger partial charge is 0.461 e. The molecule has 1 aliphatic rings. The Hall–Kier alpha value is -3.39. The highest BCUT2D eigenvalue weighted by atomic mass is 19.1. The zero-order chi connectivity index (χ0) is 21.8. The van der Waals surface area contributed by atoms with Crippen molar-refractivity contribution in [2.75, 3.05) is 6.61 Å². The van der Waals surface area contributed by atoms with Crippen LogP contribution in [0.1, 0.15) is 38.1 Å². The Kier molecular flexibility index (Phi) is 6.60. The molecule has 0 unspecified atom stereocenters. The van der Waals surface area contributed by atoms with Crippen molar-refractivity contribution in [3.63, 3.8) is 0 Å². The monoisotopic (exact) mass is 399 g/mol. The topological polar surface area (TPSA) is 105 Å². The first-order valence-electron chi connectivity index (χ1n) is 9.06.